The quantitative estimate of drug-likeness (QED) is 0.434. The summed E-state index contributed by atoms with van der Waals surface area (Å²) in [4.78, 5) is 20.3. The minimum Gasteiger partial charge on any atom is -0.275 e. The van der Waals surface area contributed by atoms with Gasteiger partial charge >= 0.3 is 0 Å². The predicted octanol–water partition coefficient (Wildman–Crippen LogP) is 2.42. The SMILES string of the molecule is Cc1cc(C(=O)Cl)c(F)cc1[N+](=O)[O-]. The summed E-state index contributed by atoms with van der Waals surface area (Å²) < 4.78 is 13.0. The summed E-state index contributed by atoms with van der Waals surface area (Å²) >= 11 is 5.06. The number of halogens is 2. The normalized spacial score (nSPS) is 9.93. The Morgan fingerprint density at radius 1 is 1.57 bits per heavy atom. The number of nitro benzene ring substituents is 1. The Balaban J connectivity index is 3.38. The van der Waals surface area contributed by atoms with Crippen LogP contribution >= 0.6 is 11.6 Å². The first-order chi connectivity index (χ1) is 6.43. The van der Waals surface area contributed by atoms with Crippen molar-refractivity contribution >= 4 is 22.5 Å². The summed E-state index contributed by atoms with van der Waals surface area (Å²) in [5.41, 5.74) is -0.528. The molecule has 0 aromatic heterocycles. The molecule has 0 unspecified atom stereocenters. The molecular formula is C8H5ClFNO3. The summed E-state index contributed by atoms with van der Waals surface area (Å²) in [6.07, 6.45) is 0. The zero-order valence-electron chi connectivity index (χ0n) is 7.08. The highest BCUT2D eigenvalue weighted by Gasteiger charge is 2.18. The Morgan fingerprint density at radius 2 is 2.14 bits per heavy atom. The Kier molecular flexibility index (Phi) is 2.81. The second-order valence-corrected chi connectivity index (χ2v) is 2.99. The fourth-order valence-electron chi connectivity index (χ4n) is 1.02. The monoisotopic (exact) mass is 217 g/mol. The van der Waals surface area contributed by atoms with E-state index in [1.807, 2.05) is 0 Å². The Bertz CT molecular complexity index is 380. The fourth-order valence-corrected chi connectivity index (χ4v) is 1.16. The maximum Gasteiger partial charge on any atom is 0.275 e. The first-order valence-electron chi connectivity index (χ1n) is 3.58. The Morgan fingerprint density at radius 3 is 2.57 bits per heavy atom. The van der Waals surface area contributed by atoms with E-state index in [-0.39, 0.29) is 16.8 Å². The molecule has 0 amide bonds. The molecule has 0 aliphatic carbocycles. The lowest BCUT2D eigenvalue weighted by Crippen LogP contribution is -1.99. The van der Waals surface area contributed by atoms with E-state index in [0.29, 0.717) is 6.07 Å². The molecular weight excluding hydrogens is 213 g/mol. The van der Waals surface area contributed by atoms with E-state index >= 15 is 0 Å². The smallest absolute Gasteiger partial charge is 0.275 e. The number of benzene rings is 1. The summed E-state index contributed by atoms with van der Waals surface area (Å²) in [6, 6.07) is 1.74. The van der Waals surface area contributed by atoms with Gasteiger partial charge in [-0.15, -0.1) is 0 Å². The molecule has 0 bridgehead atoms. The van der Waals surface area contributed by atoms with Gasteiger partial charge in [-0.25, -0.2) is 4.39 Å². The van der Waals surface area contributed by atoms with Gasteiger partial charge in [0.15, 0.2) is 0 Å². The van der Waals surface area contributed by atoms with Crippen LogP contribution in [0, 0.1) is 22.9 Å². The Labute approximate surface area is 83.4 Å². The number of aryl methyl sites for hydroxylation is 1. The van der Waals surface area contributed by atoms with Crippen LogP contribution in [0.5, 0.6) is 0 Å². The molecule has 4 nitrogen and oxygen atoms in total. The van der Waals surface area contributed by atoms with Gasteiger partial charge in [0.1, 0.15) is 5.82 Å². The number of rotatable bonds is 2. The van der Waals surface area contributed by atoms with Crippen molar-refractivity contribution < 1.29 is 14.1 Å². The third-order valence-electron chi connectivity index (χ3n) is 1.69. The van der Waals surface area contributed by atoms with Crippen LogP contribution in [0.4, 0.5) is 10.1 Å². The maximum absolute atomic E-state index is 13.0. The number of hydrogen-bond acceptors (Lipinski definition) is 3. The van der Waals surface area contributed by atoms with Crippen LogP contribution in [-0.4, -0.2) is 10.2 Å². The van der Waals surface area contributed by atoms with Crippen molar-refractivity contribution in [2.45, 2.75) is 6.92 Å². The van der Waals surface area contributed by atoms with Crippen LogP contribution in [0.1, 0.15) is 15.9 Å². The van der Waals surface area contributed by atoms with E-state index < -0.39 is 16.0 Å². The molecule has 0 radical (unpaired) electrons. The molecule has 0 aliphatic heterocycles. The average molecular weight is 218 g/mol. The highest BCUT2D eigenvalue weighted by Crippen LogP contribution is 2.22. The van der Waals surface area contributed by atoms with Crippen LogP contribution in [0.3, 0.4) is 0 Å². The number of hydrogen-bond donors (Lipinski definition) is 0. The van der Waals surface area contributed by atoms with Crippen molar-refractivity contribution in [2.75, 3.05) is 0 Å². The van der Waals surface area contributed by atoms with Gasteiger partial charge in [0, 0.05) is 5.56 Å². The van der Waals surface area contributed by atoms with Gasteiger partial charge in [-0.1, -0.05) is 0 Å². The molecule has 0 heterocycles. The zero-order chi connectivity index (χ0) is 10.9. The molecule has 0 saturated heterocycles. The Hall–Kier alpha value is -1.49. The van der Waals surface area contributed by atoms with Gasteiger partial charge in [-0.2, -0.15) is 0 Å². The summed E-state index contributed by atoms with van der Waals surface area (Å²) in [7, 11) is 0. The summed E-state index contributed by atoms with van der Waals surface area (Å²) in [6.45, 7) is 1.40. The van der Waals surface area contributed by atoms with E-state index in [1.54, 1.807) is 0 Å². The molecule has 0 fully saturated rings. The van der Waals surface area contributed by atoms with Gasteiger partial charge in [-0.05, 0) is 24.6 Å². The van der Waals surface area contributed by atoms with E-state index in [9.17, 15) is 19.3 Å². The summed E-state index contributed by atoms with van der Waals surface area (Å²) in [5, 5.41) is 9.40. The lowest BCUT2D eigenvalue weighted by Gasteiger charge is -2.00. The lowest BCUT2D eigenvalue weighted by atomic mass is 10.1. The highest BCUT2D eigenvalue weighted by atomic mass is 35.5. The lowest BCUT2D eigenvalue weighted by molar-refractivity contribution is -0.385. The third kappa shape index (κ3) is 1.88. The topological polar surface area (TPSA) is 60.2 Å². The first kappa shape index (κ1) is 10.6. The van der Waals surface area contributed by atoms with Crippen molar-refractivity contribution in [1.29, 1.82) is 0 Å². The fraction of sp³-hybridized carbons (Fsp3) is 0.125. The van der Waals surface area contributed by atoms with Crippen molar-refractivity contribution in [3.05, 3.63) is 39.2 Å². The number of carbonyl (C=O) groups is 1. The van der Waals surface area contributed by atoms with Crippen LogP contribution in [0.25, 0.3) is 0 Å². The van der Waals surface area contributed by atoms with Crippen molar-refractivity contribution in [2.24, 2.45) is 0 Å². The molecule has 14 heavy (non-hydrogen) atoms. The number of nitro groups is 1. The van der Waals surface area contributed by atoms with Gasteiger partial charge in [0.2, 0.25) is 0 Å². The minimum absolute atomic E-state index is 0.195. The van der Waals surface area contributed by atoms with Gasteiger partial charge < -0.3 is 0 Å². The van der Waals surface area contributed by atoms with Gasteiger partial charge in [-0.3, -0.25) is 14.9 Å². The highest BCUT2D eigenvalue weighted by molar-refractivity contribution is 6.67. The molecule has 0 spiro atoms. The van der Waals surface area contributed by atoms with Crippen LogP contribution in [0.15, 0.2) is 12.1 Å². The minimum atomic E-state index is -0.984. The molecule has 0 atom stereocenters. The second-order valence-electron chi connectivity index (χ2n) is 2.65. The third-order valence-corrected chi connectivity index (χ3v) is 1.90. The molecule has 0 aliphatic rings. The first-order valence-corrected chi connectivity index (χ1v) is 3.95. The van der Waals surface area contributed by atoms with Crippen molar-refractivity contribution in [3.8, 4) is 0 Å². The molecule has 6 heteroatoms. The van der Waals surface area contributed by atoms with Crippen LogP contribution in [-0.2, 0) is 0 Å². The van der Waals surface area contributed by atoms with Crippen molar-refractivity contribution in [3.63, 3.8) is 0 Å². The molecule has 1 aromatic rings. The largest absolute Gasteiger partial charge is 0.275 e. The van der Waals surface area contributed by atoms with Crippen LogP contribution < -0.4 is 0 Å². The van der Waals surface area contributed by atoms with E-state index in [4.69, 9.17) is 11.6 Å². The van der Waals surface area contributed by atoms with Gasteiger partial charge in [0.05, 0.1) is 16.6 Å². The van der Waals surface area contributed by atoms with E-state index in [0.717, 1.165) is 6.07 Å². The van der Waals surface area contributed by atoms with E-state index in [2.05, 4.69) is 0 Å². The van der Waals surface area contributed by atoms with Crippen LogP contribution in [0.2, 0.25) is 0 Å². The average Bonchev–Trinajstić information content (AvgIpc) is 2.07. The standard InChI is InChI=1S/C8H5ClFNO3/c1-4-2-5(8(9)12)6(10)3-7(4)11(13)14/h2-3H,1H3. The van der Waals surface area contributed by atoms with Crippen molar-refractivity contribution in [1.82, 2.24) is 0 Å². The van der Waals surface area contributed by atoms with Gasteiger partial charge in [0.25, 0.3) is 10.9 Å². The predicted molar refractivity (Wildman–Crippen MR) is 48.0 cm³/mol. The molecule has 1 rings (SSSR count). The number of nitrogens with zero attached hydrogens (tertiary/aromatic N) is 1. The number of carbonyl (C=O) groups excluding carboxylic acids is 1. The molecule has 74 valence electrons. The second kappa shape index (κ2) is 3.71. The zero-order valence-corrected chi connectivity index (χ0v) is 7.84. The molecule has 0 saturated carbocycles. The molecule has 1 aromatic carbocycles. The maximum atomic E-state index is 13.0. The van der Waals surface area contributed by atoms with E-state index in [1.165, 1.54) is 6.92 Å². The summed E-state index contributed by atoms with van der Waals surface area (Å²) in [5.74, 6) is -0.984. The molecule has 0 N–H and O–H groups in total.